The van der Waals surface area contributed by atoms with Crippen molar-refractivity contribution in [2.24, 2.45) is 7.05 Å². The topological polar surface area (TPSA) is 17.8 Å². The summed E-state index contributed by atoms with van der Waals surface area (Å²) < 4.78 is 24.9. The van der Waals surface area contributed by atoms with Gasteiger partial charge in [0.25, 0.3) is 0 Å². The van der Waals surface area contributed by atoms with E-state index in [2.05, 4.69) is 78.1 Å². The first-order chi connectivity index (χ1) is 14.8. The molecule has 2 heteroatoms. The Hall–Kier alpha value is -3.39. The van der Waals surface area contributed by atoms with Crippen LogP contribution in [0.15, 0.2) is 79.0 Å². The van der Waals surface area contributed by atoms with Gasteiger partial charge in [0.15, 0.2) is 0 Å². The van der Waals surface area contributed by atoms with Gasteiger partial charge in [0.05, 0.1) is 5.69 Å². The SMILES string of the molecule is [2H]C([2H])([2H])c1ccc(-c2ccc(C)c(-c3ccc4c5ccccc5n(C)c4c3)c2)nc1. The molecule has 0 aliphatic heterocycles. The molecule has 0 atom stereocenters. The van der Waals surface area contributed by atoms with Gasteiger partial charge in [0, 0.05) is 44.7 Å². The summed E-state index contributed by atoms with van der Waals surface area (Å²) in [6.07, 6.45) is 1.45. The van der Waals surface area contributed by atoms with Gasteiger partial charge in [0.2, 0.25) is 0 Å². The molecule has 0 saturated carbocycles. The molecule has 2 aromatic heterocycles. The molecule has 0 unspecified atom stereocenters. The molecule has 5 rings (SSSR count). The van der Waals surface area contributed by atoms with Crippen molar-refractivity contribution in [3.05, 3.63) is 90.1 Å². The molecule has 5 aromatic rings. The van der Waals surface area contributed by atoms with Crippen LogP contribution in [0.5, 0.6) is 0 Å². The van der Waals surface area contributed by atoms with Crippen molar-refractivity contribution in [3.63, 3.8) is 0 Å². The maximum Gasteiger partial charge on any atom is 0.0702 e. The highest BCUT2D eigenvalue weighted by molar-refractivity contribution is 6.09. The molecule has 0 fully saturated rings. The number of hydrogen-bond acceptors (Lipinski definition) is 1. The molecule has 2 nitrogen and oxygen atoms in total. The third-order valence-corrected chi connectivity index (χ3v) is 5.52. The molecule has 0 amide bonds. The van der Waals surface area contributed by atoms with Crippen LogP contribution >= 0.6 is 0 Å². The first-order valence-electron chi connectivity index (χ1n) is 10.9. The molecule has 0 radical (unpaired) electrons. The fourth-order valence-electron chi connectivity index (χ4n) is 3.99. The van der Waals surface area contributed by atoms with Crippen LogP contribution in [0.3, 0.4) is 0 Å². The van der Waals surface area contributed by atoms with Crippen LogP contribution in [-0.2, 0) is 7.05 Å². The smallest absolute Gasteiger partial charge is 0.0702 e. The molecule has 2 heterocycles. The van der Waals surface area contributed by atoms with Crippen molar-refractivity contribution in [1.29, 1.82) is 0 Å². The minimum Gasteiger partial charge on any atom is -0.344 e. The van der Waals surface area contributed by atoms with Crippen molar-refractivity contribution >= 4 is 21.8 Å². The molecule has 3 aromatic carbocycles. The van der Waals surface area contributed by atoms with E-state index in [-0.39, 0.29) is 5.56 Å². The van der Waals surface area contributed by atoms with Crippen molar-refractivity contribution in [3.8, 4) is 22.4 Å². The van der Waals surface area contributed by atoms with E-state index in [0.29, 0.717) is 0 Å². The molecule has 0 aliphatic carbocycles. The molecule has 0 aliphatic rings. The number of aryl methyl sites for hydroxylation is 3. The Bertz CT molecular complexity index is 1430. The summed E-state index contributed by atoms with van der Waals surface area (Å²) in [7, 11) is 2.11. The van der Waals surface area contributed by atoms with E-state index in [1.54, 1.807) is 12.1 Å². The quantitative estimate of drug-likeness (QED) is 0.341. The van der Waals surface area contributed by atoms with Gasteiger partial charge in [-0.3, -0.25) is 4.98 Å². The highest BCUT2D eigenvalue weighted by atomic mass is 14.9. The van der Waals surface area contributed by atoms with Crippen LogP contribution in [-0.4, -0.2) is 9.55 Å². The van der Waals surface area contributed by atoms with Crippen LogP contribution in [0, 0.1) is 13.8 Å². The largest absolute Gasteiger partial charge is 0.344 e. The van der Waals surface area contributed by atoms with Crippen LogP contribution < -0.4 is 0 Å². The molecule has 0 saturated heterocycles. The minimum absolute atomic E-state index is 0.254. The van der Waals surface area contributed by atoms with Crippen molar-refractivity contribution < 1.29 is 4.11 Å². The summed E-state index contributed by atoms with van der Waals surface area (Å²) in [5.41, 5.74) is 7.88. The van der Waals surface area contributed by atoms with Gasteiger partial charge in [-0.1, -0.05) is 48.5 Å². The van der Waals surface area contributed by atoms with Gasteiger partial charge >= 0.3 is 0 Å². The maximum atomic E-state index is 7.54. The zero-order valence-corrected chi connectivity index (χ0v) is 15.9. The fraction of sp³-hybridized carbons (Fsp3) is 0.115. The van der Waals surface area contributed by atoms with E-state index in [9.17, 15) is 0 Å². The summed E-state index contributed by atoms with van der Waals surface area (Å²) in [6.45, 7) is -0.0338. The van der Waals surface area contributed by atoms with Gasteiger partial charge in [-0.05, 0) is 60.3 Å². The Kier molecular flexibility index (Phi) is 3.11. The molecular weight excluding hydrogens is 340 g/mol. The predicted molar refractivity (Wildman–Crippen MR) is 119 cm³/mol. The predicted octanol–water partition coefficient (Wildman–Crippen LogP) is 6.68. The number of pyridine rings is 1. The second kappa shape index (κ2) is 6.35. The Balaban J connectivity index is 1.61. The molecular formula is C26H22N2. The number of benzene rings is 3. The lowest BCUT2D eigenvalue weighted by Crippen LogP contribution is -1.90. The van der Waals surface area contributed by atoms with E-state index in [0.717, 1.165) is 22.4 Å². The third-order valence-electron chi connectivity index (χ3n) is 5.52. The van der Waals surface area contributed by atoms with E-state index in [1.807, 2.05) is 6.07 Å². The van der Waals surface area contributed by atoms with Crippen LogP contribution in [0.4, 0.5) is 0 Å². The van der Waals surface area contributed by atoms with Gasteiger partial charge < -0.3 is 4.57 Å². The van der Waals surface area contributed by atoms with Gasteiger partial charge in [-0.25, -0.2) is 0 Å². The number of rotatable bonds is 2. The number of hydrogen-bond donors (Lipinski definition) is 0. The van der Waals surface area contributed by atoms with E-state index in [4.69, 9.17) is 4.11 Å². The summed E-state index contributed by atoms with van der Waals surface area (Å²) in [6, 6.07) is 24.7. The summed E-state index contributed by atoms with van der Waals surface area (Å²) in [5.74, 6) is 0. The highest BCUT2D eigenvalue weighted by Gasteiger charge is 2.11. The fourth-order valence-corrected chi connectivity index (χ4v) is 3.99. The van der Waals surface area contributed by atoms with Crippen LogP contribution in [0.1, 0.15) is 15.2 Å². The molecule has 28 heavy (non-hydrogen) atoms. The molecule has 0 bridgehead atoms. The maximum absolute atomic E-state index is 7.54. The Labute approximate surface area is 169 Å². The number of fused-ring (bicyclic) bond motifs is 3. The number of aromatic nitrogens is 2. The molecule has 136 valence electrons. The second-order valence-electron chi connectivity index (χ2n) is 7.27. The van der Waals surface area contributed by atoms with Gasteiger partial charge in [0.1, 0.15) is 0 Å². The number of para-hydroxylation sites is 1. The van der Waals surface area contributed by atoms with E-state index in [1.165, 1.54) is 33.6 Å². The van der Waals surface area contributed by atoms with Crippen molar-refractivity contribution in [1.82, 2.24) is 9.55 Å². The normalized spacial score (nSPS) is 13.4. The lowest BCUT2D eigenvalue weighted by molar-refractivity contribution is 1.01. The summed E-state index contributed by atoms with van der Waals surface area (Å²) >= 11 is 0. The zero-order chi connectivity index (χ0) is 21.8. The molecule has 0 spiro atoms. The Morgan fingerprint density at radius 1 is 0.821 bits per heavy atom. The standard InChI is InChI=1S/C26H22N2/c1-17-8-13-24(27-16-17)20-10-9-18(2)23(14-20)19-11-12-22-21-6-4-5-7-25(21)28(3)26(22)15-19/h4-16H,1-3H3/i1D3. The van der Waals surface area contributed by atoms with Crippen molar-refractivity contribution in [2.45, 2.75) is 13.8 Å². The van der Waals surface area contributed by atoms with Crippen molar-refractivity contribution in [2.75, 3.05) is 0 Å². The Morgan fingerprint density at radius 3 is 2.46 bits per heavy atom. The van der Waals surface area contributed by atoms with E-state index < -0.39 is 6.85 Å². The van der Waals surface area contributed by atoms with Gasteiger partial charge in [-0.2, -0.15) is 0 Å². The van der Waals surface area contributed by atoms with E-state index >= 15 is 0 Å². The van der Waals surface area contributed by atoms with Crippen LogP contribution in [0.2, 0.25) is 0 Å². The lowest BCUT2D eigenvalue weighted by atomic mass is 9.96. The van der Waals surface area contributed by atoms with Gasteiger partial charge in [-0.15, -0.1) is 0 Å². The zero-order valence-electron chi connectivity index (χ0n) is 18.9. The average Bonchev–Trinajstić information content (AvgIpc) is 3.05. The third kappa shape index (κ3) is 2.61. The van der Waals surface area contributed by atoms with Crippen LogP contribution in [0.25, 0.3) is 44.2 Å². The first-order valence-corrected chi connectivity index (χ1v) is 9.38. The minimum atomic E-state index is -2.14. The lowest BCUT2D eigenvalue weighted by Gasteiger charge is -2.10. The summed E-state index contributed by atoms with van der Waals surface area (Å²) in [4.78, 5) is 4.41. The Morgan fingerprint density at radius 2 is 1.64 bits per heavy atom. The number of nitrogens with zero attached hydrogens (tertiary/aromatic N) is 2. The monoisotopic (exact) mass is 365 g/mol. The summed E-state index contributed by atoms with van der Waals surface area (Å²) in [5, 5.41) is 2.51. The second-order valence-corrected chi connectivity index (χ2v) is 7.27. The first kappa shape index (κ1) is 13.7. The highest BCUT2D eigenvalue weighted by Crippen LogP contribution is 2.34. The average molecular weight is 365 g/mol. The molecule has 0 N–H and O–H groups in total.